The molecule has 1 heterocycles. The molecule has 2 N–H and O–H groups in total. The SMILES string of the molecule is C=CCN1C(=O)NC(=O)C(=Cc2ccc(OC)c(O)c2)C1=O. The third kappa shape index (κ3) is 2.83. The van der Waals surface area contributed by atoms with Crippen molar-refractivity contribution in [1.29, 1.82) is 0 Å². The van der Waals surface area contributed by atoms with Crippen molar-refractivity contribution in [2.24, 2.45) is 0 Å². The van der Waals surface area contributed by atoms with Crippen molar-refractivity contribution in [1.82, 2.24) is 10.2 Å². The number of nitrogens with zero attached hydrogens (tertiary/aromatic N) is 1. The van der Waals surface area contributed by atoms with Crippen molar-refractivity contribution < 1.29 is 24.2 Å². The number of hydrogen-bond donors (Lipinski definition) is 2. The number of methoxy groups -OCH3 is 1. The van der Waals surface area contributed by atoms with Crippen LogP contribution in [0.15, 0.2) is 36.4 Å². The molecule has 1 aliphatic heterocycles. The molecule has 0 bridgehead atoms. The second-order valence-electron chi connectivity index (χ2n) is 4.45. The molecule has 0 atom stereocenters. The minimum atomic E-state index is -0.787. The first-order valence-electron chi connectivity index (χ1n) is 6.34. The number of urea groups is 1. The minimum Gasteiger partial charge on any atom is -0.504 e. The van der Waals surface area contributed by atoms with E-state index in [-0.39, 0.29) is 23.6 Å². The molecule has 1 saturated heterocycles. The molecule has 0 aromatic heterocycles. The van der Waals surface area contributed by atoms with Crippen LogP contribution in [0.1, 0.15) is 5.56 Å². The van der Waals surface area contributed by atoms with Gasteiger partial charge >= 0.3 is 6.03 Å². The van der Waals surface area contributed by atoms with Gasteiger partial charge in [-0.15, -0.1) is 6.58 Å². The Morgan fingerprint density at radius 2 is 2.09 bits per heavy atom. The average Bonchev–Trinajstić information content (AvgIpc) is 2.48. The molecule has 22 heavy (non-hydrogen) atoms. The number of amides is 4. The molecule has 4 amide bonds. The number of rotatable bonds is 4. The summed E-state index contributed by atoms with van der Waals surface area (Å²) >= 11 is 0. The van der Waals surface area contributed by atoms with Crippen LogP contribution in [0.25, 0.3) is 6.08 Å². The molecule has 0 spiro atoms. The van der Waals surface area contributed by atoms with E-state index < -0.39 is 17.8 Å². The summed E-state index contributed by atoms with van der Waals surface area (Å²) in [5.41, 5.74) is 0.218. The second-order valence-corrected chi connectivity index (χ2v) is 4.45. The van der Waals surface area contributed by atoms with Crippen molar-refractivity contribution in [2.45, 2.75) is 0 Å². The van der Waals surface area contributed by atoms with E-state index in [0.717, 1.165) is 4.90 Å². The van der Waals surface area contributed by atoms with Crippen molar-refractivity contribution in [3.8, 4) is 11.5 Å². The highest BCUT2D eigenvalue weighted by molar-refractivity contribution is 6.31. The van der Waals surface area contributed by atoms with E-state index in [1.54, 1.807) is 6.07 Å². The molecule has 0 saturated carbocycles. The van der Waals surface area contributed by atoms with E-state index in [4.69, 9.17) is 4.74 Å². The monoisotopic (exact) mass is 302 g/mol. The first-order valence-corrected chi connectivity index (χ1v) is 6.34. The summed E-state index contributed by atoms with van der Waals surface area (Å²) in [6.45, 7) is 3.45. The Kier molecular flexibility index (Phi) is 4.26. The van der Waals surface area contributed by atoms with Crippen LogP contribution in [0.2, 0.25) is 0 Å². The molecule has 1 aromatic rings. The smallest absolute Gasteiger partial charge is 0.331 e. The van der Waals surface area contributed by atoms with Crippen LogP contribution in [0.5, 0.6) is 11.5 Å². The molecule has 1 aliphatic rings. The number of phenolic OH excluding ortho intramolecular Hbond substituents is 1. The summed E-state index contributed by atoms with van der Waals surface area (Å²) in [6, 6.07) is 3.63. The molecule has 0 aliphatic carbocycles. The Balaban J connectivity index is 2.38. The number of nitrogens with one attached hydrogen (secondary N) is 1. The second kappa shape index (κ2) is 6.13. The third-order valence-corrected chi connectivity index (χ3v) is 3.01. The van der Waals surface area contributed by atoms with Crippen LogP contribution in [-0.2, 0) is 9.59 Å². The summed E-state index contributed by atoms with van der Waals surface area (Å²) in [4.78, 5) is 36.5. The fourth-order valence-corrected chi connectivity index (χ4v) is 1.95. The lowest BCUT2D eigenvalue weighted by Gasteiger charge is -2.25. The van der Waals surface area contributed by atoms with Crippen LogP contribution in [-0.4, -0.2) is 41.5 Å². The average molecular weight is 302 g/mol. The number of hydrogen-bond acceptors (Lipinski definition) is 5. The summed E-state index contributed by atoms with van der Waals surface area (Å²) in [5, 5.41) is 11.8. The lowest BCUT2D eigenvalue weighted by Crippen LogP contribution is -2.54. The fraction of sp³-hybridized carbons (Fsp3) is 0.133. The fourth-order valence-electron chi connectivity index (χ4n) is 1.95. The first kappa shape index (κ1) is 15.3. The number of carbonyl (C=O) groups is 3. The van der Waals surface area contributed by atoms with Gasteiger partial charge < -0.3 is 9.84 Å². The van der Waals surface area contributed by atoms with Gasteiger partial charge in [0.25, 0.3) is 11.8 Å². The topological polar surface area (TPSA) is 95.9 Å². The van der Waals surface area contributed by atoms with Crippen molar-refractivity contribution in [2.75, 3.05) is 13.7 Å². The van der Waals surface area contributed by atoms with E-state index in [1.165, 1.54) is 31.4 Å². The zero-order valence-electron chi connectivity index (χ0n) is 11.8. The van der Waals surface area contributed by atoms with E-state index in [1.807, 2.05) is 0 Å². The van der Waals surface area contributed by atoms with Crippen LogP contribution >= 0.6 is 0 Å². The third-order valence-electron chi connectivity index (χ3n) is 3.01. The lowest BCUT2D eigenvalue weighted by molar-refractivity contribution is -0.129. The maximum Gasteiger partial charge on any atom is 0.331 e. The van der Waals surface area contributed by atoms with Crippen molar-refractivity contribution in [3.63, 3.8) is 0 Å². The Morgan fingerprint density at radius 3 is 2.68 bits per heavy atom. The molecule has 2 rings (SSSR count). The molecule has 0 radical (unpaired) electrons. The van der Waals surface area contributed by atoms with Crippen molar-refractivity contribution >= 4 is 23.9 Å². The molecular formula is C15H14N2O5. The van der Waals surface area contributed by atoms with Gasteiger partial charge in [-0.1, -0.05) is 12.1 Å². The Hall–Kier alpha value is -3.09. The number of ether oxygens (including phenoxy) is 1. The summed E-state index contributed by atoms with van der Waals surface area (Å²) < 4.78 is 4.91. The normalized spacial score (nSPS) is 16.7. The van der Waals surface area contributed by atoms with Crippen molar-refractivity contribution in [3.05, 3.63) is 42.0 Å². The van der Waals surface area contributed by atoms with Crippen LogP contribution < -0.4 is 10.1 Å². The van der Waals surface area contributed by atoms with Gasteiger partial charge in [0.1, 0.15) is 5.57 Å². The highest BCUT2D eigenvalue weighted by atomic mass is 16.5. The number of imide groups is 2. The summed E-state index contributed by atoms with van der Waals surface area (Å²) in [5.74, 6) is -1.36. The Bertz CT molecular complexity index is 693. The van der Waals surface area contributed by atoms with Gasteiger partial charge in [0.2, 0.25) is 0 Å². The molecule has 7 heteroatoms. The van der Waals surface area contributed by atoms with Gasteiger partial charge in [-0.05, 0) is 23.8 Å². The number of carbonyl (C=O) groups excluding carboxylic acids is 3. The quantitative estimate of drug-likeness (QED) is 0.492. The zero-order valence-corrected chi connectivity index (χ0v) is 11.8. The Morgan fingerprint density at radius 1 is 1.36 bits per heavy atom. The highest BCUT2D eigenvalue weighted by Crippen LogP contribution is 2.27. The van der Waals surface area contributed by atoms with E-state index in [9.17, 15) is 19.5 Å². The van der Waals surface area contributed by atoms with Crippen LogP contribution in [0, 0.1) is 0 Å². The van der Waals surface area contributed by atoms with Gasteiger partial charge in [0.05, 0.1) is 7.11 Å². The largest absolute Gasteiger partial charge is 0.504 e. The number of barbiturate groups is 1. The van der Waals surface area contributed by atoms with Gasteiger partial charge in [0, 0.05) is 6.54 Å². The van der Waals surface area contributed by atoms with Crippen LogP contribution in [0.3, 0.4) is 0 Å². The summed E-state index contributed by atoms with van der Waals surface area (Å²) in [6.07, 6.45) is 2.67. The first-order chi connectivity index (χ1) is 10.5. The van der Waals surface area contributed by atoms with Gasteiger partial charge in [-0.3, -0.25) is 19.8 Å². The molecule has 1 aromatic carbocycles. The van der Waals surface area contributed by atoms with Gasteiger partial charge in [-0.2, -0.15) is 0 Å². The minimum absolute atomic E-state index is 0.0108. The Labute approximate surface area is 126 Å². The van der Waals surface area contributed by atoms with E-state index in [2.05, 4.69) is 11.9 Å². The van der Waals surface area contributed by atoms with Crippen LogP contribution in [0.4, 0.5) is 4.79 Å². The maximum absolute atomic E-state index is 12.2. The number of benzene rings is 1. The summed E-state index contributed by atoms with van der Waals surface area (Å²) in [7, 11) is 1.41. The molecule has 7 nitrogen and oxygen atoms in total. The highest BCUT2D eigenvalue weighted by Gasteiger charge is 2.34. The van der Waals surface area contributed by atoms with Gasteiger partial charge in [0.15, 0.2) is 11.5 Å². The molecular weight excluding hydrogens is 288 g/mol. The lowest BCUT2D eigenvalue weighted by atomic mass is 10.1. The number of aromatic hydroxyl groups is 1. The number of phenols is 1. The predicted molar refractivity (Wildman–Crippen MR) is 78.1 cm³/mol. The predicted octanol–water partition coefficient (Wildman–Crippen LogP) is 1.05. The maximum atomic E-state index is 12.2. The molecule has 0 unspecified atom stereocenters. The van der Waals surface area contributed by atoms with Gasteiger partial charge in [-0.25, -0.2) is 4.79 Å². The zero-order chi connectivity index (χ0) is 16.3. The van der Waals surface area contributed by atoms with E-state index in [0.29, 0.717) is 5.56 Å². The standard InChI is InChI=1S/C15H14N2O5/c1-3-6-17-14(20)10(13(19)16-15(17)21)7-9-4-5-12(22-2)11(18)8-9/h3-5,7-8,18H,1,6H2,2H3,(H,16,19,21). The molecule has 1 fully saturated rings. The molecule has 114 valence electrons. The van der Waals surface area contributed by atoms with E-state index >= 15 is 0 Å².